The summed E-state index contributed by atoms with van der Waals surface area (Å²) in [4.78, 5) is 9.12. The molecule has 2 rings (SSSR count). The molecule has 0 saturated heterocycles. The van der Waals surface area contributed by atoms with Gasteiger partial charge in [0.1, 0.15) is 10.4 Å². The highest BCUT2D eigenvalue weighted by Crippen LogP contribution is 2.24. The van der Waals surface area contributed by atoms with Crippen molar-refractivity contribution in [1.29, 1.82) is 0 Å². The number of halogens is 1. The van der Waals surface area contributed by atoms with Gasteiger partial charge < -0.3 is 0 Å². The van der Waals surface area contributed by atoms with Crippen LogP contribution < -0.4 is 0 Å². The van der Waals surface area contributed by atoms with Crippen LogP contribution in [0.2, 0.25) is 0 Å². The van der Waals surface area contributed by atoms with Gasteiger partial charge in [-0.25, -0.2) is 9.97 Å². The molecule has 0 N–H and O–H groups in total. The summed E-state index contributed by atoms with van der Waals surface area (Å²) in [6.45, 7) is 8.71. The molecule has 20 heavy (non-hydrogen) atoms. The second kappa shape index (κ2) is 6.49. The number of nitrogens with zero attached hydrogens (tertiary/aromatic N) is 2. The monoisotopic (exact) mass is 332 g/mol. The van der Waals surface area contributed by atoms with Gasteiger partial charge in [0.15, 0.2) is 0 Å². The lowest BCUT2D eigenvalue weighted by molar-refractivity contribution is 0.647. The van der Waals surface area contributed by atoms with Crippen LogP contribution in [0, 0.1) is 5.92 Å². The minimum Gasteiger partial charge on any atom is -0.233 e. The molecule has 0 fully saturated rings. The van der Waals surface area contributed by atoms with Gasteiger partial charge in [-0.05, 0) is 46.0 Å². The summed E-state index contributed by atoms with van der Waals surface area (Å²) >= 11 is 3.49. The molecule has 0 spiro atoms. The lowest BCUT2D eigenvalue weighted by Crippen LogP contribution is -2.00. The molecule has 0 amide bonds. The quantitative estimate of drug-likeness (QED) is 0.716. The van der Waals surface area contributed by atoms with E-state index in [4.69, 9.17) is 0 Å². The van der Waals surface area contributed by atoms with Crippen molar-refractivity contribution in [2.24, 2.45) is 5.92 Å². The van der Waals surface area contributed by atoms with E-state index in [0.717, 1.165) is 28.1 Å². The highest BCUT2D eigenvalue weighted by atomic mass is 79.9. The summed E-state index contributed by atoms with van der Waals surface area (Å²) in [6, 6.07) is 10.6. The zero-order valence-electron chi connectivity index (χ0n) is 12.5. The maximum atomic E-state index is 4.68. The van der Waals surface area contributed by atoms with Crippen LogP contribution in [-0.2, 0) is 6.42 Å². The number of hydrogen-bond acceptors (Lipinski definition) is 2. The molecule has 1 aromatic carbocycles. The van der Waals surface area contributed by atoms with E-state index in [-0.39, 0.29) is 0 Å². The van der Waals surface area contributed by atoms with E-state index in [1.165, 1.54) is 5.56 Å². The van der Waals surface area contributed by atoms with Crippen molar-refractivity contribution in [2.75, 3.05) is 0 Å². The summed E-state index contributed by atoms with van der Waals surface area (Å²) in [5, 5.41) is 0. The van der Waals surface area contributed by atoms with Gasteiger partial charge in [-0.3, -0.25) is 0 Å². The molecule has 3 heteroatoms. The Morgan fingerprint density at radius 3 is 2.45 bits per heavy atom. The first-order valence-corrected chi connectivity index (χ1v) is 7.89. The van der Waals surface area contributed by atoms with Crippen molar-refractivity contribution in [1.82, 2.24) is 9.97 Å². The van der Waals surface area contributed by atoms with E-state index >= 15 is 0 Å². The molecule has 0 radical (unpaired) electrons. The summed E-state index contributed by atoms with van der Waals surface area (Å²) in [6.07, 6.45) is 1.09. The third-order valence-corrected chi connectivity index (χ3v) is 3.50. The fourth-order valence-electron chi connectivity index (χ4n) is 2.17. The molecule has 2 nitrogen and oxygen atoms in total. The molecule has 0 unspecified atom stereocenters. The summed E-state index contributed by atoms with van der Waals surface area (Å²) in [7, 11) is 0. The smallest absolute Gasteiger partial charge is 0.132 e. The second-order valence-electron chi connectivity index (χ2n) is 5.89. The van der Waals surface area contributed by atoms with Crippen molar-refractivity contribution in [2.45, 2.75) is 40.0 Å². The molecule has 0 bridgehead atoms. The molecule has 0 saturated carbocycles. The molecular weight excluding hydrogens is 312 g/mol. The topological polar surface area (TPSA) is 25.8 Å². The average molecular weight is 333 g/mol. The molecule has 1 heterocycles. The average Bonchev–Trinajstić information content (AvgIpc) is 2.37. The van der Waals surface area contributed by atoms with Crippen LogP contribution in [0.4, 0.5) is 0 Å². The third kappa shape index (κ3) is 3.89. The zero-order valence-corrected chi connectivity index (χ0v) is 14.1. The van der Waals surface area contributed by atoms with E-state index < -0.39 is 0 Å². The highest BCUT2D eigenvalue weighted by Gasteiger charge is 2.09. The standard InChI is InChI=1S/C17H21BrN2/c1-11(2)8-13-6-5-7-14(9-13)15-10-16(18)20-17(19-15)12(3)4/h5-7,9-12H,8H2,1-4H3. The van der Waals surface area contributed by atoms with Crippen LogP contribution in [0.3, 0.4) is 0 Å². The molecule has 0 aliphatic rings. The van der Waals surface area contributed by atoms with E-state index in [1.54, 1.807) is 0 Å². The molecular formula is C17H21BrN2. The van der Waals surface area contributed by atoms with Crippen LogP contribution in [0.25, 0.3) is 11.3 Å². The Kier molecular flexibility index (Phi) is 4.92. The number of hydrogen-bond donors (Lipinski definition) is 0. The van der Waals surface area contributed by atoms with Gasteiger partial charge in [-0.2, -0.15) is 0 Å². The Bertz CT molecular complexity index is 591. The van der Waals surface area contributed by atoms with E-state index in [1.807, 2.05) is 6.07 Å². The minimum atomic E-state index is 0.324. The number of aromatic nitrogens is 2. The molecule has 0 aliphatic carbocycles. The second-order valence-corrected chi connectivity index (χ2v) is 6.70. The first-order chi connectivity index (χ1) is 9.45. The number of rotatable bonds is 4. The maximum absolute atomic E-state index is 4.68. The van der Waals surface area contributed by atoms with Crippen molar-refractivity contribution in [3.8, 4) is 11.3 Å². The Morgan fingerprint density at radius 2 is 1.80 bits per heavy atom. The van der Waals surface area contributed by atoms with E-state index in [9.17, 15) is 0 Å². The Morgan fingerprint density at radius 1 is 1.05 bits per heavy atom. The lowest BCUT2D eigenvalue weighted by atomic mass is 10.00. The van der Waals surface area contributed by atoms with Crippen LogP contribution in [0.15, 0.2) is 34.9 Å². The van der Waals surface area contributed by atoms with Gasteiger partial charge in [0, 0.05) is 11.5 Å². The van der Waals surface area contributed by atoms with Crippen LogP contribution in [-0.4, -0.2) is 9.97 Å². The maximum Gasteiger partial charge on any atom is 0.132 e. The Balaban J connectivity index is 2.40. The molecule has 1 aromatic heterocycles. The lowest BCUT2D eigenvalue weighted by Gasteiger charge is -2.10. The van der Waals surface area contributed by atoms with Crippen molar-refractivity contribution in [3.05, 3.63) is 46.3 Å². The first-order valence-electron chi connectivity index (χ1n) is 7.09. The zero-order chi connectivity index (χ0) is 14.7. The molecule has 0 atom stereocenters. The number of benzene rings is 1. The van der Waals surface area contributed by atoms with Crippen LogP contribution in [0.1, 0.15) is 45.0 Å². The Labute approximate surface area is 129 Å². The fraction of sp³-hybridized carbons (Fsp3) is 0.412. The van der Waals surface area contributed by atoms with Crippen LogP contribution in [0.5, 0.6) is 0 Å². The van der Waals surface area contributed by atoms with Crippen LogP contribution >= 0.6 is 15.9 Å². The first kappa shape index (κ1) is 15.2. The van der Waals surface area contributed by atoms with Crippen molar-refractivity contribution >= 4 is 15.9 Å². The fourth-order valence-corrected chi connectivity index (χ4v) is 2.57. The summed E-state index contributed by atoms with van der Waals surface area (Å²) in [5.41, 5.74) is 3.51. The summed E-state index contributed by atoms with van der Waals surface area (Å²) < 4.78 is 0.848. The van der Waals surface area contributed by atoms with Gasteiger partial charge in [-0.1, -0.05) is 45.9 Å². The minimum absolute atomic E-state index is 0.324. The largest absolute Gasteiger partial charge is 0.233 e. The van der Waals surface area contributed by atoms with Gasteiger partial charge in [0.05, 0.1) is 5.69 Å². The van der Waals surface area contributed by atoms with E-state index in [0.29, 0.717) is 11.8 Å². The summed E-state index contributed by atoms with van der Waals surface area (Å²) in [5.74, 6) is 1.86. The predicted octanol–water partition coefficient (Wildman–Crippen LogP) is 5.23. The normalized spacial score (nSPS) is 11.3. The van der Waals surface area contributed by atoms with Gasteiger partial charge in [0.2, 0.25) is 0 Å². The Hall–Kier alpha value is -1.22. The van der Waals surface area contributed by atoms with Gasteiger partial charge in [-0.15, -0.1) is 0 Å². The molecule has 0 aliphatic heterocycles. The van der Waals surface area contributed by atoms with Crippen molar-refractivity contribution in [3.63, 3.8) is 0 Å². The predicted molar refractivity (Wildman–Crippen MR) is 87.8 cm³/mol. The van der Waals surface area contributed by atoms with Crippen molar-refractivity contribution < 1.29 is 0 Å². The van der Waals surface area contributed by atoms with E-state index in [2.05, 4.69) is 77.9 Å². The van der Waals surface area contributed by atoms with Gasteiger partial charge in [0.25, 0.3) is 0 Å². The van der Waals surface area contributed by atoms with Gasteiger partial charge >= 0.3 is 0 Å². The SMILES string of the molecule is CC(C)Cc1cccc(-c2cc(Br)nc(C(C)C)n2)c1. The highest BCUT2D eigenvalue weighted by molar-refractivity contribution is 9.10. The molecule has 2 aromatic rings. The molecule has 106 valence electrons. The third-order valence-electron chi connectivity index (χ3n) is 3.10.